The Morgan fingerprint density at radius 2 is 1.52 bits per heavy atom. The smallest absolute Gasteiger partial charge is 0.259 e. The average molecular weight is 350 g/mol. The molecule has 0 saturated carbocycles. The Kier molecular flexibility index (Phi) is 4.32. The minimum absolute atomic E-state index is 0.182. The molecule has 3 nitrogen and oxygen atoms in total. The van der Waals surface area contributed by atoms with Crippen LogP contribution in [-0.2, 0) is 12.0 Å². The van der Waals surface area contributed by atoms with Crippen LogP contribution in [0.3, 0.4) is 0 Å². The number of hydrogen-bond donors (Lipinski definition) is 0. The number of amides is 1. The van der Waals surface area contributed by atoms with Crippen LogP contribution < -0.4 is 0 Å². The van der Waals surface area contributed by atoms with E-state index in [0.717, 1.165) is 16.7 Å². The number of fused-ring (bicyclic) bond motifs is 1. The fourth-order valence-electron chi connectivity index (χ4n) is 3.62. The summed E-state index contributed by atoms with van der Waals surface area (Å²) in [4.78, 5) is 14.9. The lowest BCUT2D eigenvalue weighted by Crippen LogP contribution is -2.49. The van der Waals surface area contributed by atoms with Gasteiger partial charge in [-0.25, -0.2) is 0 Å². The first kappa shape index (κ1) is 16.8. The maximum atomic E-state index is 13.3. The Morgan fingerprint density at radius 3 is 2.22 bits per heavy atom. The predicted molar refractivity (Wildman–Crippen MR) is 106 cm³/mol. The van der Waals surface area contributed by atoms with Gasteiger partial charge in [0.25, 0.3) is 5.91 Å². The summed E-state index contributed by atoms with van der Waals surface area (Å²) >= 11 is 0. The number of nitrogens with zero attached hydrogens (tertiary/aromatic N) is 2. The number of hydrogen-bond acceptors (Lipinski definition) is 2. The first-order valence-electron chi connectivity index (χ1n) is 8.86. The van der Waals surface area contributed by atoms with Crippen molar-refractivity contribution in [2.75, 3.05) is 0 Å². The Labute approximate surface area is 158 Å². The van der Waals surface area contributed by atoms with Gasteiger partial charge in [-0.05, 0) is 34.9 Å². The molecule has 3 aromatic rings. The van der Waals surface area contributed by atoms with Crippen LogP contribution in [0.15, 0.2) is 91.1 Å². The quantitative estimate of drug-likeness (QED) is 0.683. The van der Waals surface area contributed by atoms with Crippen molar-refractivity contribution in [2.45, 2.75) is 12.0 Å². The standard InChI is InChI=1S/C24H18N2O/c25-18-24(17-19-9-3-1-4-10-19)22-14-8-7-11-20(22)15-16-26(24)23(27)21-12-5-2-6-13-21/h1-16H,17H2/t24-/m0/s1. The van der Waals surface area contributed by atoms with E-state index in [0.29, 0.717) is 12.0 Å². The van der Waals surface area contributed by atoms with Gasteiger partial charge in [0.05, 0.1) is 6.07 Å². The van der Waals surface area contributed by atoms with Crippen molar-refractivity contribution in [3.63, 3.8) is 0 Å². The molecule has 0 fully saturated rings. The molecule has 1 amide bonds. The Hall–Kier alpha value is -3.64. The molecule has 4 rings (SSSR count). The molecule has 0 bridgehead atoms. The summed E-state index contributed by atoms with van der Waals surface area (Å²) in [7, 11) is 0. The molecule has 0 spiro atoms. The van der Waals surface area contributed by atoms with E-state index < -0.39 is 5.54 Å². The van der Waals surface area contributed by atoms with E-state index >= 15 is 0 Å². The topological polar surface area (TPSA) is 44.1 Å². The monoisotopic (exact) mass is 350 g/mol. The molecule has 27 heavy (non-hydrogen) atoms. The lowest BCUT2D eigenvalue weighted by Gasteiger charge is -2.40. The summed E-state index contributed by atoms with van der Waals surface area (Å²) in [6.07, 6.45) is 4.06. The van der Waals surface area contributed by atoms with Crippen molar-refractivity contribution >= 4 is 12.0 Å². The minimum Gasteiger partial charge on any atom is -0.291 e. The largest absolute Gasteiger partial charge is 0.291 e. The van der Waals surface area contributed by atoms with Gasteiger partial charge >= 0.3 is 0 Å². The van der Waals surface area contributed by atoms with Crippen LogP contribution in [0.2, 0.25) is 0 Å². The molecule has 0 aromatic heterocycles. The molecule has 130 valence electrons. The van der Waals surface area contributed by atoms with Gasteiger partial charge in [0.1, 0.15) is 0 Å². The molecular weight excluding hydrogens is 332 g/mol. The SMILES string of the molecule is N#C[C@@]1(Cc2ccccc2)c2ccccc2C=CN1C(=O)c1ccccc1. The van der Waals surface area contributed by atoms with Gasteiger partial charge in [0.15, 0.2) is 5.54 Å². The van der Waals surface area contributed by atoms with Crippen molar-refractivity contribution in [2.24, 2.45) is 0 Å². The second-order valence-corrected chi connectivity index (χ2v) is 6.58. The van der Waals surface area contributed by atoms with Crippen LogP contribution >= 0.6 is 0 Å². The van der Waals surface area contributed by atoms with Crippen LogP contribution in [0.5, 0.6) is 0 Å². The molecule has 0 aliphatic carbocycles. The zero-order chi connectivity index (χ0) is 18.7. The average Bonchev–Trinajstić information content (AvgIpc) is 2.75. The van der Waals surface area contributed by atoms with E-state index in [4.69, 9.17) is 0 Å². The second-order valence-electron chi connectivity index (χ2n) is 6.58. The number of nitriles is 1. The molecular formula is C24H18N2O. The highest BCUT2D eigenvalue weighted by molar-refractivity contribution is 5.96. The van der Waals surface area contributed by atoms with E-state index in [1.807, 2.05) is 78.9 Å². The van der Waals surface area contributed by atoms with Crippen LogP contribution in [0.4, 0.5) is 0 Å². The number of carbonyl (C=O) groups is 1. The van der Waals surface area contributed by atoms with Crippen LogP contribution in [0.25, 0.3) is 6.08 Å². The highest BCUT2D eigenvalue weighted by Crippen LogP contribution is 2.39. The van der Waals surface area contributed by atoms with Crippen molar-refractivity contribution in [1.82, 2.24) is 4.90 Å². The number of benzene rings is 3. The lowest BCUT2D eigenvalue weighted by atomic mass is 9.79. The van der Waals surface area contributed by atoms with Crippen LogP contribution in [-0.4, -0.2) is 10.8 Å². The van der Waals surface area contributed by atoms with E-state index in [9.17, 15) is 10.1 Å². The van der Waals surface area contributed by atoms with Crippen LogP contribution in [0, 0.1) is 11.3 Å². The fourth-order valence-corrected chi connectivity index (χ4v) is 3.62. The molecule has 3 aromatic carbocycles. The Morgan fingerprint density at radius 1 is 0.889 bits per heavy atom. The third kappa shape index (κ3) is 2.92. The molecule has 0 saturated heterocycles. The van der Waals surface area contributed by atoms with E-state index in [1.54, 1.807) is 23.2 Å². The molecule has 0 N–H and O–H groups in total. The zero-order valence-electron chi connectivity index (χ0n) is 14.7. The summed E-state index contributed by atoms with van der Waals surface area (Å²) in [5, 5.41) is 10.3. The summed E-state index contributed by atoms with van der Waals surface area (Å²) in [5.41, 5.74) is 2.29. The molecule has 3 heteroatoms. The minimum atomic E-state index is -1.10. The van der Waals surface area contributed by atoms with Gasteiger partial charge in [-0.1, -0.05) is 72.8 Å². The van der Waals surface area contributed by atoms with E-state index in [1.165, 1.54) is 0 Å². The third-order valence-corrected chi connectivity index (χ3v) is 4.95. The fraction of sp³-hybridized carbons (Fsp3) is 0.0833. The Balaban J connectivity index is 1.87. The zero-order valence-corrected chi connectivity index (χ0v) is 14.7. The van der Waals surface area contributed by atoms with Gasteiger partial charge in [0, 0.05) is 18.2 Å². The normalized spacial score (nSPS) is 17.8. The van der Waals surface area contributed by atoms with Gasteiger partial charge in [-0.2, -0.15) is 5.26 Å². The summed E-state index contributed by atoms with van der Waals surface area (Å²) in [6.45, 7) is 0. The summed E-state index contributed by atoms with van der Waals surface area (Å²) in [5.74, 6) is -0.182. The molecule has 0 radical (unpaired) electrons. The second kappa shape index (κ2) is 6.93. The molecule has 1 aliphatic heterocycles. The van der Waals surface area contributed by atoms with Crippen molar-refractivity contribution in [3.05, 3.63) is 113 Å². The van der Waals surface area contributed by atoms with Gasteiger partial charge in [-0.15, -0.1) is 0 Å². The van der Waals surface area contributed by atoms with Crippen molar-refractivity contribution in [1.29, 1.82) is 5.26 Å². The number of rotatable bonds is 3. The third-order valence-electron chi connectivity index (χ3n) is 4.95. The van der Waals surface area contributed by atoms with Crippen molar-refractivity contribution in [3.8, 4) is 6.07 Å². The summed E-state index contributed by atoms with van der Waals surface area (Å²) < 4.78 is 0. The van der Waals surface area contributed by atoms with Crippen LogP contribution in [0.1, 0.15) is 27.0 Å². The lowest BCUT2D eigenvalue weighted by molar-refractivity contribution is 0.0697. The summed E-state index contributed by atoms with van der Waals surface area (Å²) in [6, 6.07) is 29.2. The number of carbonyl (C=O) groups excluding carboxylic acids is 1. The molecule has 1 aliphatic rings. The highest BCUT2D eigenvalue weighted by Gasteiger charge is 2.44. The van der Waals surface area contributed by atoms with Gasteiger partial charge in [0.2, 0.25) is 0 Å². The maximum Gasteiger partial charge on any atom is 0.259 e. The molecule has 0 unspecified atom stereocenters. The van der Waals surface area contributed by atoms with E-state index in [2.05, 4.69) is 6.07 Å². The van der Waals surface area contributed by atoms with E-state index in [-0.39, 0.29) is 5.91 Å². The first-order chi connectivity index (χ1) is 13.2. The van der Waals surface area contributed by atoms with Gasteiger partial charge in [-0.3, -0.25) is 9.69 Å². The Bertz CT molecular complexity index is 1030. The predicted octanol–water partition coefficient (Wildman–Crippen LogP) is 4.77. The maximum absolute atomic E-state index is 13.3. The van der Waals surface area contributed by atoms with Gasteiger partial charge < -0.3 is 0 Å². The molecule has 1 atom stereocenters. The van der Waals surface area contributed by atoms with Crippen molar-refractivity contribution < 1.29 is 4.79 Å². The highest BCUT2D eigenvalue weighted by atomic mass is 16.2. The molecule has 1 heterocycles. The first-order valence-corrected chi connectivity index (χ1v) is 8.86.